The van der Waals surface area contributed by atoms with Gasteiger partial charge in [0.15, 0.2) is 5.96 Å². The lowest BCUT2D eigenvalue weighted by Crippen LogP contribution is -2.48. The first-order valence-electron chi connectivity index (χ1n) is 7.78. The number of ether oxygens (including phenoxy) is 1. The summed E-state index contributed by atoms with van der Waals surface area (Å²) in [6, 6.07) is 0.432. The van der Waals surface area contributed by atoms with E-state index in [0.717, 1.165) is 6.42 Å². The monoisotopic (exact) mass is 298 g/mol. The number of carbonyl (C=O) groups is 1. The van der Waals surface area contributed by atoms with Gasteiger partial charge in [-0.25, -0.2) is 4.99 Å². The smallest absolute Gasteiger partial charge is 0.243 e. The number of likely N-dealkylation sites (N-methyl/N-ethyl adjacent to an activating group) is 1. The lowest BCUT2D eigenvalue weighted by Gasteiger charge is -2.31. The van der Waals surface area contributed by atoms with E-state index in [2.05, 4.69) is 22.5 Å². The van der Waals surface area contributed by atoms with Crippen molar-refractivity contribution in [3.63, 3.8) is 0 Å². The van der Waals surface area contributed by atoms with Gasteiger partial charge >= 0.3 is 0 Å². The van der Waals surface area contributed by atoms with E-state index in [-0.39, 0.29) is 12.5 Å². The zero-order chi connectivity index (χ0) is 15.7. The molecule has 6 nitrogen and oxygen atoms in total. The SMILES string of the molecule is COCCNC(=NCC(=O)N(C)C)NC1CCCCC1C. The minimum Gasteiger partial charge on any atom is -0.383 e. The summed E-state index contributed by atoms with van der Waals surface area (Å²) in [5, 5.41) is 6.70. The molecule has 1 aliphatic carbocycles. The molecule has 2 unspecified atom stereocenters. The number of carbonyl (C=O) groups excluding carboxylic acids is 1. The third-order valence-electron chi connectivity index (χ3n) is 3.90. The van der Waals surface area contributed by atoms with Gasteiger partial charge in [0, 0.05) is 33.8 Å². The van der Waals surface area contributed by atoms with Gasteiger partial charge in [0.25, 0.3) is 0 Å². The topological polar surface area (TPSA) is 66.0 Å². The van der Waals surface area contributed by atoms with Crippen LogP contribution in [0.1, 0.15) is 32.6 Å². The van der Waals surface area contributed by atoms with Crippen molar-refractivity contribution in [3.8, 4) is 0 Å². The molecule has 1 amide bonds. The maximum Gasteiger partial charge on any atom is 0.243 e. The van der Waals surface area contributed by atoms with Gasteiger partial charge in [0.1, 0.15) is 6.54 Å². The normalized spacial score (nSPS) is 22.8. The number of guanidine groups is 1. The Kier molecular flexibility index (Phi) is 8.12. The lowest BCUT2D eigenvalue weighted by molar-refractivity contribution is -0.127. The van der Waals surface area contributed by atoms with Crippen LogP contribution >= 0.6 is 0 Å². The number of aliphatic imine (C=N–C) groups is 1. The molecule has 1 fully saturated rings. The molecule has 2 atom stereocenters. The number of nitrogens with zero attached hydrogens (tertiary/aromatic N) is 2. The minimum absolute atomic E-state index is 0.000431. The zero-order valence-electron chi connectivity index (χ0n) is 13.8. The summed E-state index contributed by atoms with van der Waals surface area (Å²) >= 11 is 0. The van der Waals surface area contributed by atoms with Crippen molar-refractivity contribution in [1.82, 2.24) is 15.5 Å². The van der Waals surface area contributed by atoms with Crippen molar-refractivity contribution in [2.24, 2.45) is 10.9 Å². The van der Waals surface area contributed by atoms with Crippen LogP contribution in [-0.4, -0.2) is 63.7 Å². The molecular weight excluding hydrogens is 268 g/mol. The second-order valence-corrected chi connectivity index (χ2v) is 5.89. The number of hydrogen-bond acceptors (Lipinski definition) is 3. The molecule has 0 aromatic carbocycles. The summed E-state index contributed by atoms with van der Waals surface area (Å²) in [5.41, 5.74) is 0. The third-order valence-corrected chi connectivity index (χ3v) is 3.90. The molecule has 21 heavy (non-hydrogen) atoms. The predicted octanol–water partition coefficient (Wildman–Crippen LogP) is 0.835. The van der Waals surface area contributed by atoms with Crippen molar-refractivity contribution in [2.45, 2.75) is 38.6 Å². The first-order valence-corrected chi connectivity index (χ1v) is 7.78. The van der Waals surface area contributed by atoms with Gasteiger partial charge in [0.2, 0.25) is 5.91 Å². The van der Waals surface area contributed by atoms with Crippen LogP contribution in [0.15, 0.2) is 4.99 Å². The summed E-state index contributed by atoms with van der Waals surface area (Å²) in [7, 11) is 5.16. The summed E-state index contributed by atoms with van der Waals surface area (Å²) in [4.78, 5) is 17.6. The van der Waals surface area contributed by atoms with Crippen molar-refractivity contribution in [3.05, 3.63) is 0 Å². The van der Waals surface area contributed by atoms with Crippen molar-refractivity contribution < 1.29 is 9.53 Å². The second kappa shape index (κ2) is 9.60. The van der Waals surface area contributed by atoms with Gasteiger partial charge in [-0.2, -0.15) is 0 Å². The van der Waals surface area contributed by atoms with Crippen molar-refractivity contribution in [1.29, 1.82) is 0 Å². The largest absolute Gasteiger partial charge is 0.383 e. The van der Waals surface area contributed by atoms with Gasteiger partial charge in [-0.3, -0.25) is 4.79 Å². The standard InChI is InChI=1S/C15H30N4O2/c1-12-7-5-6-8-13(12)18-15(16-9-10-21-4)17-11-14(20)19(2)3/h12-13H,5-11H2,1-4H3,(H2,16,17,18). The highest BCUT2D eigenvalue weighted by Gasteiger charge is 2.22. The molecule has 1 aliphatic rings. The average Bonchev–Trinajstić information content (AvgIpc) is 2.46. The van der Waals surface area contributed by atoms with Gasteiger partial charge in [0.05, 0.1) is 6.61 Å². The Bertz CT molecular complexity index is 345. The number of amides is 1. The van der Waals surface area contributed by atoms with Crippen LogP contribution in [0.25, 0.3) is 0 Å². The van der Waals surface area contributed by atoms with Crippen LogP contribution in [0.5, 0.6) is 0 Å². The molecule has 0 aromatic heterocycles. The number of methoxy groups -OCH3 is 1. The molecule has 0 aromatic rings. The summed E-state index contributed by atoms with van der Waals surface area (Å²) < 4.78 is 5.05. The van der Waals surface area contributed by atoms with E-state index in [9.17, 15) is 4.79 Å². The summed E-state index contributed by atoms with van der Waals surface area (Å²) in [6.07, 6.45) is 4.97. The predicted molar refractivity (Wildman–Crippen MR) is 85.4 cm³/mol. The van der Waals surface area contributed by atoms with Gasteiger partial charge in [-0.1, -0.05) is 19.8 Å². The number of rotatable bonds is 6. The summed E-state index contributed by atoms with van der Waals surface area (Å²) in [6.45, 7) is 3.73. The van der Waals surface area contributed by atoms with Crippen LogP contribution in [0, 0.1) is 5.92 Å². The number of nitrogens with one attached hydrogen (secondary N) is 2. The average molecular weight is 298 g/mol. The van der Waals surface area contributed by atoms with E-state index in [1.807, 2.05) is 0 Å². The molecule has 0 spiro atoms. The Labute approximate surface area is 128 Å². The van der Waals surface area contributed by atoms with E-state index in [4.69, 9.17) is 4.74 Å². The molecule has 0 heterocycles. The first-order chi connectivity index (χ1) is 10.0. The molecule has 1 rings (SSSR count). The van der Waals surface area contributed by atoms with Crippen LogP contribution in [0.4, 0.5) is 0 Å². The third kappa shape index (κ3) is 6.80. The maximum absolute atomic E-state index is 11.7. The molecule has 122 valence electrons. The highest BCUT2D eigenvalue weighted by atomic mass is 16.5. The highest BCUT2D eigenvalue weighted by Crippen LogP contribution is 2.23. The van der Waals surface area contributed by atoms with E-state index in [1.165, 1.54) is 19.3 Å². The summed E-state index contributed by atoms with van der Waals surface area (Å²) in [5.74, 6) is 1.35. The molecular formula is C15H30N4O2. The molecule has 2 N–H and O–H groups in total. The Morgan fingerprint density at radius 2 is 2.05 bits per heavy atom. The van der Waals surface area contributed by atoms with E-state index < -0.39 is 0 Å². The highest BCUT2D eigenvalue weighted by molar-refractivity contribution is 5.84. The Morgan fingerprint density at radius 3 is 2.67 bits per heavy atom. The lowest BCUT2D eigenvalue weighted by atomic mass is 9.86. The maximum atomic E-state index is 11.7. The van der Waals surface area contributed by atoms with Gasteiger partial charge in [-0.05, 0) is 18.8 Å². The van der Waals surface area contributed by atoms with Crippen LogP contribution in [0.3, 0.4) is 0 Å². The molecule has 1 saturated carbocycles. The molecule has 0 aliphatic heterocycles. The fourth-order valence-corrected chi connectivity index (χ4v) is 2.42. The second-order valence-electron chi connectivity index (χ2n) is 5.89. The van der Waals surface area contributed by atoms with Crippen molar-refractivity contribution >= 4 is 11.9 Å². The molecule has 0 saturated heterocycles. The van der Waals surface area contributed by atoms with E-state index in [0.29, 0.717) is 31.1 Å². The van der Waals surface area contributed by atoms with Gasteiger partial charge < -0.3 is 20.3 Å². The van der Waals surface area contributed by atoms with Gasteiger partial charge in [-0.15, -0.1) is 0 Å². The molecule has 0 radical (unpaired) electrons. The van der Waals surface area contributed by atoms with Crippen LogP contribution in [-0.2, 0) is 9.53 Å². The van der Waals surface area contributed by atoms with E-state index in [1.54, 1.807) is 26.1 Å². The molecule has 0 bridgehead atoms. The molecule has 6 heteroatoms. The first kappa shape index (κ1) is 17.8. The van der Waals surface area contributed by atoms with Crippen molar-refractivity contribution in [2.75, 3.05) is 40.9 Å². The quantitative estimate of drug-likeness (QED) is 0.433. The van der Waals surface area contributed by atoms with E-state index >= 15 is 0 Å². The zero-order valence-corrected chi connectivity index (χ0v) is 13.8. The Morgan fingerprint density at radius 1 is 1.33 bits per heavy atom. The fraction of sp³-hybridized carbons (Fsp3) is 0.867. The van der Waals surface area contributed by atoms with Crippen LogP contribution < -0.4 is 10.6 Å². The minimum atomic E-state index is -0.000431. The fourth-order valence-electron chi connectivity index (χ4n) is 2.42. The number of hydrogen-bond donors (Lipinski definition) is 2. The van der Waals surface area contributed by atoms with Crippen LogP contribution in [0.2, 0.25) is 0 Å². The Balaban J connectivity index is 2.57. The Hall–Kier alpha value is -1.30.